The predicted molar refractivity (Wildman–Crippen MR) is 94.3 cm³/mol. The SMILES string of the molecule is O=C(NCCC(O)C(O)c1ccc(Br)cc1F)OCc1ccccc1. The van der Waals surface area contributed by atoms with E-state index in [0.29, 0.717) is 4.47 Å². The Morgan fingerprint density at radius 1 is 1.20 bits per heavy atom. The van der Waals surface area contributed by atoms with Crippen molar-refractivity contribution in [1.82, 2.24) is 5.32 Å². The van der Waals surface area contributed by atoms with Crippen molar-refractivity contribution in [2.75, 3.05) is 6.54 Å². The number of rotatable bonds is 7. The minimum atomic E-state index is -1.38. The van der Waals surface area contributed by atoms with Crippen LogP contribution in [0, 0.1) is 5.82 Å². The molecule has 2 unspecified atom stereocenters. The van der Waals surface area contributed by atoms with Crippen LogP contribution in [0.25, 0.3) is 0 Å². The van der Waals surface area contributed by atoms with Crippen molar-refractivity contribution in [2.45, 2.75) is 25.2 Å². The van der Waals surface area contributed by atoms with Crippen LogP contribution in [-0.2, 0) is 11.3 Å². The number of aliphatic hydroxyl groups is 2. The summed E-state index contributed by atoms with van der Waals surface area (Å²) < 4.78 is 19.4. The third kappa shape index (κ3) is 6.12. The molecule has 0 bridgehead atoms. The van der Waals surface area contributed by atoms with Crippen molar-refractivity contribution in [1.29, 1.82) is 0 Å². The van der Waals surface area contributed by atoms with Gasteiger partial charge in [-0.2, -0.15) is 0 Å². The molecular weight excluding hydrogens is 393 g/mol. The standard InChI is InChI=1S/C18H19BrFNO4/c19-13-6-7-14(15(20)10-13)17(23)16(22)8-9-21-18(24)25-11-12-4-2-1-3-5-12/h1-7,10,16-17,22-23H,8-9,11H2,(H,21,24). The second-order valence-electron chi connectivity index (χ2n) is 5.46. The van der Waals surface area contributed by atoms with Gasteiger partial charge < -0.3 is 20.3 Å². The monoisotopic (exact) mass is 411 g/mol. The van der Waals surface area contributed by atoms with Crippen LogP contribution in [-0.4, -0.2) is 29.0 Å². The van der Waals surface area contributed by atoms with Gasteiger partial charge in [-0.15, -0.1) is 0 Å². The molecule has 134 valence electrons. The van der Waals surface area contributed by atoms with Crippen LogP contribution >= 0.6 is 15.9 Å². The highest BCUT2D eigenvalue weighted by Crippen LogP contribution is 2.24. The van der Waals surface area contributed by atoms with Gasteiger partial charge in [0.25, 0.3) is 0 Å². The van der Waals surface area contributed by atoms with Crippen LogP contribution < -0.4 is 5.32 Å². The zero-order chi connectivity index (χ0) is 18.2. The smallest absolute Gasteiger partial charge is 0.407 e. The van der Waals surface area contributed by atoms with E-state index in [1.807, 2.05) is 30.3 Å². The van der Waals surface area contributed by atoms with Gasteiger partial charge in [-0.25, -0.2) is 9.18 Å². The molecule has 2 atom stereocenters. The molecule has 0 saturated heterocycles. The fourth-order valence-corrected chi connectivity index (χ4v) is 2.54. The number of hydrogen-bond acceptors (Lipinski definition) is 4. The van der Waals surface area contributed by atoms with Gasteiger partial charge in [-0.3, -0.25) is 0 Å². The zero-order valence-electron chi connectivity index (χ0n) is 13.4. The molecule has 25 heavy (non-hydrogen) atoms. The van der Waals surface area contributed by atoms with E-state index in [9.17, 15) is 19.4 Å². The van der Waals surface area contributed by atoms with Gasteiger partial charge in [0.2, 0.25) is 0 Å². The first-order chi connectivity index (χ1) is 12.0. The Balaban J connectivity index is 1.74. The van der Waals surface area contributed by atoms with Crippen molar-refractivity contribution >= 4 is 22.0 Å². The number of hydrogen-bond donors (Lipinski definition) is 3. The van der Waals surface area contributed by atoms with Gasteiger partial charge in [0, 0.05) is 16.6 Å². The molecule has 7 heteroatoms. The fraction of sp³-hybridized carbons (Fsp3) is 0.278. The van der Waals surface area contributed by atoms with Crippen LogP contribution in [0.1, 0.15) is 23.7 Å². The number of alkyl carbamates (subject to hydrolysis) is 1. The van der Waals surface area contributed by atoms with E-state index >= 15 is 0 Å². The first-order valence-corrected chi connectivity index (χ1v) is 8.52. The maximum atomic E-state index is 13.8. The van der Waals surface area contributed by atoms with E-state index in [2.05, 4.69) is 21.2 Å². The number of nitrogens with one attached hydrogen (secondary N) is 1. The first kappa shape index (κ1) is 19.4. The number of carbonyl (C=O) groups excluding carboxylic acids is 1. The summed E-state index contributed by atoms with van der Waals surface area (Å²) in [6, 6.07) is 13.4. The Hall–Kier alpha value is -1.96. The number of amides is 1. The lowest BCUT2D eigenvalue weighted by molar-refractivity contribution is 0.0116. The molecule has 0 fully saturated rings. The molecule has 0 aliphatic rings. The Labute approximate surface area is 153 Å². The lowest BCUT2D eigenvalue weighted by Gasteiger charge is -2.19. The van der Waals surface area contributed by atoms with Crippen molar-refractivity contribution in [3.63, 3.8) is 0 Å². The molecule has 0 heterocycles. The number of ether oxygens (including phenoxy) is 1. The quantitative estimate of drug-likeness (QED) is 0.652. The highest BCUT2D eigenvalue weighted by molar-refractivity contribution is 9.10. The summed E-state index contributed by atoms with van der Waals surface area (Å²) in [7, 11) is 0. The molecule has 0 saturated carbocycles. The molecule has 0 aromatic heterocycles. The maximum Gasteiger partial charge on any atom is 0.407 e. The van der Waals surface area contributed by atoms with Gasteiger partial charge in [0.15, 0.2) is 0 Å². The molecule has 2 rings (SSSR count). The van der Waals surface area contributed by atoms with Gasteiger partial charge in [0.05, 0.1) is 6.10 Å². The van der Waals surface area contributed by atoms with Crippen molar-refractivity contribution in [3.05, 3.63) is 69.9 Å². The van der Waals surface area contributed by atoms with Gasteiger partial charge >= 0.3 is 6.09 Å². The Kier molecular flexibility index (Phi) is 7.36. The van der Waals surface area contributed by atoms with Crippen molar-refractivity contribution in [2.24, 2.45) is 0 Å². The topological polar surface area (TPSA) is 78.8 Å². The summed E-state index contributed by atoms with van der Waals surface area (Å²) in [5, 5.41) is 22.5. The second kappa shape index (κ2) is 9.50. The normalized spacial score (nSPS) is 13.1. The average Bonchev–Trinajstić information content (AvgIpc) is 2.60. The van der Waals surface area contributed by atoms with Gasteiger partial charge in [-0.05, 0) is 24.1 Å². The summed E-state index contributed by atoms with van der Waals surface area (Å²) in [5.41, 5.74) is 0.862. The molecular formula is C18H19BrFNO4. The van der Waals surface area contributed by atoms with Gasteiger partial charge in [0.1, 0.15) is 18.5 Å². The van der Waals surface area contributed by atoms with E-state index in [1.54, 1.807) is 6.07 Å². The third-order valence-corrected chi connectivity index (χ3v) is 4.06. The van der Waals surface area contributed by atoms with Crippen LogP contribution in [0.15, 0.2) is 53.0 Å². The van der Waals surface area contributed by atoms with E-state index in [1.165, 1.54) is 12.1 Å². The summed E-state index contributed by atoms with van der Waals surface area (Å²) >= 11 is 3.13. The third-order valence-electron chi connectivity index (χ3n) is 3.57. The van der Waals surface area contributed by atoms with E-state index in [-0.39, 0.29) is 25.1 Å². The van der Waals surface area contributed by atoms with Crippen LogP contribution in [0.3, 0.4) is 0 Å². The molecule has 0 spiro atoms. The van der Waals surface area contributed by atoms with Crippen molar-refractivity contribution < 1.29 is 24.1 Å². The van der Waals surface area contributed by atoms with E-state index < -0.39 is 24.1 Å². The Morgan fingerprint density at radius 2 is 1.92 bits per heavy atom. The summed E-state index contributed by atoms with van der Waals surface area (Å²) in [6.45, 7) is 0.228. The molecule has 3 N–H and O–H groups in total. The van der Waals surface area contributed by atoms with Crippen molar-refractivity contribution in [3.8, 4) is 0 Å². The number of aliphatic hydroxyl groups excluding tert-OH is 2. The highest BCUT2D eigenvalue weighted by atomic mass is 79.9. The first-order valence-electron chi connectivity index (χ1n) is 7.73. The maximum absolute atomic E-state index is 13.8. The molecule has 5 nitrogen and oxygen atoms in total. The molecule has 0 radical (unpaired) electrons. The number of benzene rings is 2. The van der Waals surface area contributed by atoms with Gasteiger partial charge in [-0.1, -0.05) is 52.3 Å². The summed E-state index contributed by atoms with van der Waals surface area (Å²) in [4.78, 5) is 11.6. The largest absolute Gasteiger partial charge is 0.445 e. The molecule has 2 aromatic carbocycles. The van der Waals surface area contributed by atoms with Crippen LogP contribution in [0.5, 0.6) is 0 Å². The van der Waals surface area contributed by atoms with Crippen LogP contribution in [0.4, 0.5) is 9.18 Å². The molecule has 0 aliphatic heterocycles. The minimum absolute atomic E-state index is 0.00218. The number of halogens is 2. The molecule has 1 amide bonds. The van der Waals surface area contributed by atoms with Crippen LogP contribution in [0.2, 0.25) is 0 Å². The Bertz CT molecular complexity index is 699. The molecule has 2 aromatic rings. The highest BCUT2D eigenvalue weighted by Gasteiger charge is 2.21. The Morgan fingerprint density at radius 3 is 2.60 bits per heavy atom. The van der Waals surface area contributed by atoms with E-state index in [4.69, 9.17) is 4.74 Å². The fourth-order valence-electron chi connectivity index (χ4n) is 2.20. The van der Waals surface area contributed by atoms with E-state index in [0.717, 1.165) is 5.56 Å². The lowest BCUT2D eigenvalue weighted by Crippen LogP contribution is -2.30. The minimum Gasteiger partial charge on any atom is -0.445 e. The number of carbonyl (C=O) groups is 1. The second-order valence-corrected chi connectivity index (χ2v) is 6.37. The molecule has 0 aliphatic carbocycles. The zero-order valence-corrected chi connectivity index (χ0v) is 14.9. The average molecular weight is 412 g/mol. The lowest BCUT2D eigenvalue weighted by atomic mass is 10.0. The predicted octanol–water partition coefficient (Wildman–Crippen LogP) is 3.30. The summed E-state index contributed by atoms with van der Waals surface area (Å²) in [5.74, 6) is -0.615. The summed E-state index contributed by atoms with van der Waals surface area (Å²) in [6.07, 6.45) is -3.17.